The summed E-state index contributed by atoms with van der Waals surface area (Å²) >= 11 is 0. The van der Waals surface area contributed by atoms with Crippen LogP contribution in [0, 0.1) is 11.8 Å². The highest BCUT2D eigenvalue weighted by Crippen LogP contribution is 2.37. The monoisotopic (exact) mass is 159 g/mol. The Morgan fingerprint density at radius 3 is 3.17 bits per heavy atom. The highest BCUT2D eigenvalue weighted by Gasteiger charge is 2.34. The summed E-state index contributed by atoms with van der Waals surface area (Å²) in [6.45, 7) is 0. The summed E-state index contributed by atoms with van der Waals surface area (Å²) in [5, 5.41) is 3.58. The molecule has 0 radical (unpaired) electrons. The predicted octanol–water partition coefficient (Wildman–Crippen LogP) is 1.99. The molecule has 1 heterocycles. The van der Waals surface area contributed by atoms with E-state index < -0.39 is 0 Å². The zero-order valence-electron chi connectivity index (χ0n) is 7.03. The number of hydrogen-bond donors (Lipinski definition) is 1. The summed E-state index contributed by atoms with van der Waals surface area (Å²) in [6, 6.07) is 0.652. The minimum Gasteiger partial charge on any atom is -0.381 e. The molecule has 1 heteroatoms. The van der Waals surface area contributed by atoms with E-state index >= 15 is 0 Å². The third kappa shape index (κ3) is 0.795. The highest BCUT2D eigenvalue weighted by molar-refractivity contribution is 5.28. The van der Waals surface area contributed by atoms with Gasteiger partial charge in [-0.2, -0.15) is 0 Å². The van der Waals surface area contributed by atoms with Crippen molar-refractivity contribution in [2.24, 2.45) is 11.8 Å². The second kappa shape index (κ2) is 2.25. The quantitative estimate of drug-likeness (QED) is 0.533. The number of rotatable bonds is 0. The molecule has 3 unspecified atom stereocenters. The van der Waals surface area contributed by atoms with Crippen molar-refractivity contribution in [3.8, 4) is 0 Å². The molecule has 1 nitrogen and oxygen atoms in total. The molecule has 0 amide bonds. The van der Waals surface area contributed by atoms with Gasteiger partial charge in [0.2, 0.25) is 0 Å². The molecule has 0 bridgehead atoms. The van der Waals surface area contributed by atoms with Gasteiger partial charge >= 0.3 is 0 Å². The second-order valence-electron chi connectivity index (χ2n) is 3.94. The van der Waals surface area contributed by atoms with Gasteiger partial charge in [0.05, 0.1) is 6.04 Å². The van der Waals surface area contributed by atoms with Gasteiger partial charge in [-0.15, -0.1) is 0 Å². The van der Waals surface area contributed by atoms with Crippen LogP contribution < -0.4 is 5.32 Å². The molecule has 1 aliphatic heterocycles. The highest BCUT2D eigenvalue weighted by atomic mass is 15.0. The Kier molecular flexibility index (Phi) is 1.23. The lowest BCUT2D eigenvalue weighted by molar-refractivity contribution is 0.308. The Hall–Kier alpha value is -0.980. The Morgan fingerprint density at radius 1 is 1.33 bits per heavy atom. The van der Waals surface area contributed by atoms with E-state index in [2.05, 4.69) is 35.7 Å². The summed E-state index contributed by atoms with van der Waals surface area (Å²) in [5.41, 5.74) is 1.46. The van der Waals surface area contributed by atoms with Gasteiger partial charge in [-0.3, -0.25) is 0 Å². The maximum atomic E-state index is 3.58. The van der Waals surface area contributed by atoms with Crippen LogP contribution in [0.4, 0.5) is 0 Å². The largest absolute Gasteiger partial charge is 0.381 e. The first-order valence-corrected chi connectivity index (χ1v) is 4.75. The van der Waals surface area contributed by atoms with Crippen LogP contribution >= 0.6 is 0 Å². The second-order valence-corrected chi connectivity index (χ2v) is 3.94. The van der Waals surface area contributed by atoms with Crippen molar-refractivity contribution in [1.82, 2.24) is 5.32 Å². The van der Waals surface area contributed by atoms with Gasteiger partial charge in [-0.05, 0) is 18.9 Å². The molecule has 62 valence electrons. The predicted molar refractivity (Wildman–Crippen MR) is 49.5 cm³/mol. The first-order valence-electron chi connectivity index (χ1n) is 4.75. The minimum absolute atomic E-state index is 0.652. The number of allylic oxidation sites excluding steroid dienone is 4. The molecule has 3 aliphatic rings. The van der Waals surface area contributed by atoms with Gasteiger partial charge in [0, 0.05) is 17.5 Å². The Balaban J connectivity index is 1.88. The molecule has 0 spiro atoms. The van der Waals surface area contributed by atoms with E-state index in [0.29, 0.717) is 6.04 Å². The topological polar surface area (TPSA) is 12.0 Å². The Bertz CT molecular complexity index is 285. The standard InChI is InChI=1S/C11H13N/c1-2-4-10-8(3-1)7-9-5-6-11(9)12-10/h1-2,4-6,8-9,11-12H,3,7H2. The number of fused-ring (bicyclic) bond motifs is 2. The van der Waals surface area contributed by atoms with Gasteiger partial charge in [0.15, 0.2) is 0 Å². The summed E-state index contributed by atoms with van der Waals surface area (Å²) in [7, 11) is 0. The summed E-state index contributed by atoms with van der Waals surface area (Å²) < 4.78 is 0. The molecule has 0 aromatic rings. The van der Waals surface area contributed by atoms with Crippen LogP contribution in [-0.4, -0.2) is 6.04 Å². The molecule has 12 heavy (non-hydrogen) atoms. The van der Waals surface area contributed by atoms with Crippen molar-refractivity contribution in [3.63, 3.8) is 0 Å². The summed E-state index contributed by atoms with van der Waals surface area (Å²) in [4.78, 5) is 0. The van der Waals surface area contributed by atoms with Gasteiger partial charge < -0.3 is 5.32 Å². The van der Waals surface area contributed by atoms with Gasteiger partial charge in [-0.1, -0.05) is 24.3 Å². The van der Waals surface area contributed by atoms with Crippen LogP contribution in [0.2, 0.25) is 0 Å². The van der Waals surface area contributed by atoms with Crippen molar-refractivity contribution in [2.45, 2.75) is 18.9 Å². The third-order valence-corrected chi connectivity index (χ3v) is 3.19. The molecule has 2 aliphatic carbocycles. The van der Waals surface area contributed by atoms with Crippen LogP contribution in [0.3, 0.4) is 0 Å². The van der Waals surface area contributed by atoms with Crippen molar-refractivity contribution < 1.29 is 0 Å². The number of piperidine rings is 1. The van der Waals surface area contributed by atoms with Crippen molar-refractivity contribution in [2.75, 3.05) is 0 Å². The molecular weight excluding hydrogens is 146 g/mol. The molecule has 1 fully saturated rings. The molecule has 3 rings (SSSR count). The molecular formula is C11H13N. The van der Waals surface area contributed by atoms with Crippen LogP contribution in [-0.2, 0) is 0 Å². The van der Waals surface area contributed by atoms with Crippen LogP contribution in [0.25, 0.3) is 0 Å². The average Bonchev–Trinajstić information content (AvgIpc) is 2.09. The lowest BCUT2D eigenvalue weighted by atomic mass is 9.74. The van der Waals surface area contributed by atoms with Crippen molar-refractivity contribution in [3.05, 3.63) is 36.1 Å². The van der Waals surface area contributed by atoms with E-state index in [0.717, 1.165) is 11.8 Å². The minimum atomic E-state index is 0.652. The summed E-state index contributed by atoms with van der Waals surface area (Å²) in [5.74, 6) is 1.60. The fraction of sp³-hybridized carbons (Fsp3) is 0.455. The van der Waals surface area contributed by atoms with E-state index in [-0.39, 0.29) is 0 Å². The fourth-order valence-corrected chi connectivity index (χ4v) is 2.35. The molecule has 0 saturated carbocycles. The zero-order valence-corrected chi connectivity index (χ0v) is 7.03. The SMILES string of the molecule is C1=CCC2CC3C=CC3NC2=C1. The van der Waals surface area contributed by atoms with Crippen LogP contribution in [0.1, 0.15) is 12.8 Å². The van der Waals surface area contributed by atoms with Gasteiger partial charge in [-0.25, -0.2) is 0 Å². The van der Waals surface area contributed by atoms with Crippen LogP contribution in [0.5, 0.6) is 0 Å². The first kappa shape index (κ1) is 6.53. The third-order valence-electron chi connectivity index (χ3n) is 3.19. The van der Waals surface area contributed by atoms with E-state index in [1.165, 1.54) is 18.5 Å². The first-order chi connectivity index (χ1) is 5.93. The molecule has 0 aromatic carbocycles. The van der Waals surface area contributed by atoms with E-state index in [1.54, 1.807) is 0 Å². The Morgan fingerprint density at radius 2 is 2.33 bits per heavy atom. The smallest absolute Gasteiger partial charge is 0.0504 e. The molecule has 0 aromatic heterocycles. The van der Waals surface area contributed by atoms with Crippen molar-refractivity contribution >= 4 is 0 Å². The van der Waals surface area contributed by atoms with E-state index in [4.69, 9.17) is 0 Å². The summed E-state index contributed by atoms with van der Waals surface area (Å²) in [6.07, 6.45) is 13.9. The maximum Gasteiger partial charge on any atom is 0.0504 e. The number of nitrogens with one attached hydrogen (secondary N) is 1. The van der Waals surface area contributed by atoms with Gasteiger partial charge in [0.25, 0.3) is 0 Å². The fourth-order valence-electron chi connectivity index (χ4n) is 2.35. The van der Waals surface area contributed by atoms with E-state index in [9.17, 15) is 0 Å². The van der Waals surface area contributed by atoms with Crippen LogP contribution in [0.15, 0.2) is 36.1 Å². The average molecular weight is 159 g/mol. The molecule has 1 N–H and O–H groups in total. The molecule has 1 saturated heterocycles. The van der Waals surface area contributed by atoms with E-state index in [1.807, 2.05) is 0 Å². The Labute approximate surface area is 72.9 Å². The lowest BCUT2D eigenvalue weighted by Crippen LogP contribution is -2.46. The lowest BCUT2D eigenvalue weighted by Gasteiger charge is -2.42. The van der Waals surface area contributed by atoms with Gasteiger partial charge in [0.1, 0.15) is 0 Å². The maximum absolute atomic E-state index is 3.58. The van der Waals surface area contributed by atoms with Crippen molar-refractivity contribution in [1.29, 1.82) is 0 Å². The normalized spacial score (nSPS) is 42.0. The number of hydrogen-bond acceptors (Lipinski definition) is 1. The zero-order chi connectivity index (χ0) is 7.97. The molecule has 3 atom stereocenters.